The van der Waals surface area contributed by atoms with Crippen molar-refractivity contribution in [2.75, 3.05) is 0 Å². The molecule has 0 N–H and O–H groups in total. The number of aromatic nitrogens is 3. The molecule has 2 aromatic heterocycles. The fourth-order valence-corrected chi connectivity index (χ4v) is 7.53. The van der Waals surface area contributed by atoms with Crippen LogP contribution in [0.2, 0.25) is 0 Å². The predicted molar refractivity (Wildman–Crippen MR) is 213 cm³/mol. The van der Waals surface area contributed by atoms with Gasteiger partial charge in [-0.3, -0.25) is 0 Å². The van der Waals surface area contributed by atoms with Gasteiger partial charge in [0.1, 0.15) is 0 Å². The minimum Gasteiger partial charge on any atom is -0.309 e. The van der Waals surface area contributed by atoms with Crippen molar-refractivity contribution in [2.24, 2.45) is 0 Å². The average Bonchev–Trinajstić information content (AvgIpc) is 3.53. The number of rotatable bonds is 5. The summed E-state index contributed by atoms with van der Waals surface area (Å²) in [7, 11) is 0. The van der Waals surface area contributed by atoms with Crippen LogP contribution in [0.15, 0.2) is 188 Å². The quantitative estimate of drug-likeness (QED) is 0.186. The van der Waals surface area contributed by atoms with E-state index in [0.29, 0.717) is 5.82 Å². The molecule has 0 bridgehead atoms. The van der Waals surface area contributed by atoms with Gasteiger partial charge in [0.05, 0.1) is 22.2 Å². The Morgan fingerprint density at radius 3 is 1.61 bits per heavy atom. The zero-order valence-electron chi connectivity index (χ0n) is 27.7. The summed E-state index contributed by atoms with van der Waals surface area (Å²) in [6.07, 6.45) is 0. The van der Waals surface area contributed by atoms with Crippen LogP contribution < -0.4 is 0 Å². The van der Waals surface area contributed by atoms with Gasteiger partial charge in [-0.15, -0.1) is 0 Å². The lowest BCUT2D eigenvalue weighted by atomic mass is 9.91. The van der Waals surface area contributed by atoms with Crippen LogP contribution in [0.25, 0.3) is 94.1 Å². The third-order valence-corrected chi connectivity index (χ3v) is 9.98. The maximum atomic E-state index is 5.29. The van der Waals surface area contributed by atoms with E-state index in [-0.39, 0.29) is 0 Å². The first kappa shape index (κ1) is 29.1. The molecule has 10 aromatic rings. The highest BCUT2D eigenvalue weighted by atomic mass is 15.0. The third-order valence-electron chi connectivity index (χ3n) is 9.98. The summed E-state index contributed by atoms with van der Waals surface area (Å²) in [4.78, 5) is 10.5. The molecule has 0 spiro atoms. The van der Waals surface area contributed by atoms with Crippen molar-refractivity contribution in [3.63, 3.8) is 0 Å². The fourth-order valence-electron chi connectivity index (χ4n) is 7.53. The smallest absolute Gasteiger partial charge is 0.160 e. The minimum atomic E-state index is 0.701. The zero-order valence-corrected chi connectivity index (χ0v) is 27.7. The molecule has 2 heterocycles. The SMILES string of the molecule is c1ccc(-c2cc3nc(-c4ccc(-n5c6ccccc6c6cc7ccccc7cc65)cc4)nc(-c4ccccc4)c3cc2-c2ccccc2)cc1. The van der Waals surface area contributed by atoms with Crippen LogP contribution in [-0.4, -0.2) is 14.5 Å². The third kappa shape index (κ3) is 4.98. The Balaban J connectivity index is 1.17. The van der Waals surface area contributed by atoms with E-state index in [1.54, 1.807) is 0 Å². The van der Waals surface area contributed by atoms with E-state index in [9.17, 15) is 0 Å². The molecule has 51 heavy (non-hydrogen) atoms. The van der Waals surface area contributed by atoms with Crippen molar-refractivity contribution < 1.29 is 0 Å². The molecule has 0 saturated heterocycles. The molecule has 8 aromatic carbocycles. The van der Waals surface area contributed by atoms with Crippen LogP contribution in [0.3, 0.4) is 0 Å². The standard InChI is InChI=1S/C48H31N3/c1-4-14-32(15-5-1)40-30-43-44(31-41(40)33-16-6-2-7-17-33)49-48(50-47(43)34-18-8-3-9-19-34)35-24-26-38(27-25-35)51-45-23-13-12-22-39(45)42-28-36-20-10-11-21-37(36)29-46(42)51/h1-31H. The summed E-state index contributed by atoms with van der Waals surface area (Å²) in [5.41, 5.74) is 12.0. The first-order chi connectivity index (χ1) is 25.3. The van der Waals surface area contributed by atoms with E-state index < -0.39 is 0 Å². The van der Waals surface area contributed by atoms with Gasteiger partial charge < -0.3 is 4.57 Å². The van der Waals surface area contributed by atoms with E-state index in [0.717, 1.165) is 55.7 Å². The molecule has 0 atom stereocenters. The van der Waals surface area contributed by atoms with Crippen molar-refractivity contribution >= 4 is 43.5 Å². The van der Waals surface area contributed by atoms with E-state index >= 15 is 0 Å². The van der Waals surface area contributed by atoms with Gasteiger partial charge in [-0.1, -0.05) is 133 Å². The topological polar surface area (TPSA) is 30.7 Å². The largest absolute Gasteiger partial charge is 0.309 e. The molecule has 0 aliphatic rings. The summed E-state index contributed by atoms with van der Waals surface area (Å²) in [5.74, 6) is 0.701. The van der Waals surface area contributed by atoms with E-state index in [4.69, 9.17) is 9.97 Å². The normalized spacial score (nSPS) is 11.5. The van der Waals surface area contributed by atoms with Gasteiger partial charge in [-0.25, -0.2) is 9.97 Å². The number of para-hydroxylation sites is 1. The molecule has 0 aliphatic carbocycles. The highest BCUT2D eigenvalue weighted by Gasteiger charge is 2.18. The molecule has 0 radical (unpaired) electrons. The lowest BCUT2D eigenvalue weighted by Gasteiger charge is -2.16. The Labute approximate surface area is 295 Å². The maximum absolute atomic E-state index is 5.29. The molecule has 3 heteroatoms. The summed E-state index contributed by atoms with van der Waals surface area (Å²) in [5, 5.41) is 6.00. The summed E-state index contributed by atoms with van der Waals surface area (Å²) < 4.78 is 2.37. The number of nitrogens with zero attached hydrogens (tertiary/aromatic N) is 3. The van der Waals surface area contributed by atoms with Gasteiger partial charge in [-0.2, -0.15) is 0 Å². The molecule has 10 rings (SSSR count). The Hall–Kier alpha value is -6.84. The van der Waals surface area contributed by atoms with Crippen LogP contribution in [0, 0.1) is 0 Å². The molecule has 238 valence electrons. The average molecular weight is 650 g/mol. The molecule has 0 amide bonds. The first-order valence-electron chi connectivity index (χ1n) is 17.3. The monoisotopic (exact) mass is 649 g/mol. The number of hydrogen-bond acceptors (Lipinski definition) is 2. The minimum absolute atomic E-state index is 0.701. The van der Waals surface area contributed by atoms with Gasteiger partial charge in [0.25, 0.3) is 0 Å². The number of hydrogen-bond donors (Lipinski definition) is 0. The van der Waals surface area contributed by atoms with Crippen LogP contribution in [0.5, 0.6) is 0 Å². The van der Waals surface area contributed by atoms with Gasteiger partial charge >= 0.3 is 0 Å². The predicted octanol–water partition coefficient (Wildman–Crippen LogP) is 12.5. The van der Waals surface area contributed by atoms with Crippen molar-refractivity contribution in [3.8, 4) is 50.6 Å². The molecule has 0 aliphatic heterocycles. The summed E-state index contributed by atoms with van der Waals surface area (Å²) in [6.45, 7) is 0. The van der Waals surface area contributed by atoms with Crippen molar-refractivity contribution in [1.82, 2.24) is 14.5 Å². The van der Waals surface area contributed by atoms with Crippen LogP contribution >= 0.6 is 0 Å². The second-order valence-corrected chi connectivity index (χ2v) is 13.0. The fraction of sp³-hybridized carbons (Fsp3) is 0. The number of fused-ring (bicyclic) bond motifs is 5. The second kappa shape index (κ2) is 11.9. The van der Waals surface area contributed by atoms with E-state index in [1.807, 2.05) is 6.07 Å². The summed E-state index contributed by atoms with van der Waals surface area (Å²) >= 11 is 0. The van der Waals surface area contributed by atoms with Gasteiger partial charge in [0.15, 0.2) is 5.82 Å². The van der Waals surface area contributed by atoms with Gasteiger partial charge in [0, 0.05) is 33.0 Å². The molecule has 0 fully saturated rings. The van der Waals surface area contributed by atoms with E-state index in [1.165, 1.54) is 32.6 Å². The zero-order chi connectivity index (χ0) is 33.7. The lowest BCUT2D eigenvalue weighted by molar-refractivity contribution is 1.17. The Bertz CT molecular complexity index is 2870. The highest BCUT2D eigenvalue weighted by molar-refractivity contribution is 6.13. The Morgan fingerprint density at radius 1 is 0.353 bits per heavy atom. The Kier molecular flexibility index (Phi) is 6.81. The second-order valence-electron chi connectivity index (χ2n) is 13.0. The highest BCUT2D eigenvalue weighted by Crippen LogP contribution is 2.40. The first-order valence-corrected chi connectivity index (χ1v) is 17.3. The van der Waals surface area contributed by atoms with Gasteiger partial charge in [-0.05, 0) is 87.6 Å². The molecular weight excluding hydrogens is 619 g/mol. The van der Waals surface area contributed by atoms with Crippen LogP contribution in [0.1, 0.15) is 0 Å². The van der Waals surface area contributed by atoms with Crippen LogP contribution in [-0.2, 0) is 0 Å². The maximum Gasteiger partial charge on any atom is 0.160 e. The molecule has 3 nitrogen and oxygen atoms in total. The molecular formula is C48H31N3. The Morgan fingerprint density at radius 2 is 0.922 bits per heavy atom. The molecule has 0 unspecified atom stereocenters. The van der Waals surface area contributed by atoms with Crippen molar-refractivity contribution in [2.45, 2.75) is 0 Å². The van der Waals surface area contributed by atoms with Crippen molar-refractivity contribution in [1.29, 1.82) is 0 Å². The number of benzene rings is 8. The van der Waals surface area contributed by atoms with Crippen LogP contribution in [0.4, 0.5) is 0 Å². The van der Waals surface area contributed by atoms with E-state index in [2.05, 4.69) is 187 Å². The van der Waals surface area contributed by atoms with Gasteiger partial charge in [0.2, 0.25) is 0 Å². The lowest BCUT2D eigenvalue weighted by Crippen LogP contribution is -1.98. The summed E-state index contributed by atoms with van der Waals surface area (Å²) in [6, 6.07) is 66.7. The van der Waals surface area contributed by atoms with Crippen molar-refractivity contribution in [3.05, 3.63) is 188 Å². The molecule has 0 saturated carbocycles.